The van der Waals surface area contributed by atoms with Crippen molar-refractivity contribution in [1.29, 1.82) is 0 Å². The SMILES string of the molecule is O=C(Nc1cc(Br)cc2c1C(c1cc(F)ccc1Cl)NC2=O)c1cc(C(F)(F)F)ccc1F. The minimum atomic E-state index is -4.78. The summed E-state index contributed by atoms with van der Waals surface area (Å²) in [4.78, 5) is 25.3. The molecule has 1 unspecified atom stereocenters. The Labute approximate surface area is 196 Å². The van der Waals surface area contributed by atoms with Crippen molar-refractivity contribution in [2.75, 3.05) is 5.32 Å². The summed E-state index contributed by atoms with van der Waals surface area (Å²) in [5.74, 6) is -3.49. The van der Waals surface area contributed by atoms with Gasteiger partial charge in [-0.3, -0.25) is 9.59 Å². The van der Waals surface area contributed by atoms with Gasteiger partial charge in [-0.1, -0.05) is 27.5 Å². The van der Waals surface area contributed by atoms with E-state index in [0.717, 1.165) is 12.1 Å². The third-order valence-electron chi connectivity index (χ3n) is 5.01. The Bertz CT molecular complexity index is 1310. The molecule has 1 aliphatic rings. The van der Waals surface area contributed by atoms with Gasteiger partial charge in [0.2, 0.25) is 0 Å². The first-order chi connectivity index (χ1) is 15.5. The van der Waals surface area contributed by atoms with Gasteiger partial charge in [-0.05, 0) is 48.5 Å². The fourth-order valence-electron chi connectivity index (χ4n) is 3.54. The highest BCUT2D eigenvalue weighted by atomic mass is 79.9. The molecule has 1 aliphatic heterocycles. The summed E-state index contributed by atoms with van der Waals surface area (Å²) >= 11 is 9.39. The number of hydrogen-bond donors (Lipinski definition) is 2. The molecule has 0 fully saturated rings. The molecule has 3 aromatic carbocycles. The van der Waals surface area contributed by atoms with E-state index in [0.29, 0.717) is 22.7 Å². The zero-order chi connectivity index (χ0) is 24.1. The zero-order valence-electron chi connectivity index (χ0n) is 16.2. The molecule has 0 aromatic heterocycles. The summed E-state index contributed by atoms with van der Waals surface area (Å²) in [7, 11) is 0. The summed E-state index contributed by atoms with van der Waals surface area (Å²) in [5.41, 5.74) is -1.51. The molecule has 0 bridgehead atoms. The van der Waals surface area contributed by atoms with E-state index in [1.807, 2.05) is 0 Å². The largest absolute Gasteiger partial charge is 0.416 e. The molecule has 0 aliphatic carbocycles. The van der Waals surface area contributed by atoms with Gasteiger partial charge in [0.25, 0.3) is 11.8 Å². The van der Waals surface area contributed by atoms with Crippen LogP contribution >= 0.6 is 27.5 Å². The van der Waals surface area contributed by atoms with E-state index in [1.54, 1.807) is 0 Å². The molecule has 0 radical (unpaired) electrons. The van der Waals surface area contributed by atoms with Gasteiger partial charge in [-0.15, -0.1) is 0 Å². The van der Waals surface area contributed by atoms with Gasteiger partial charge in [0.1, 0.15) is 11.6 Å². The van der Waals surface area contributed by atoms with Crippen molar-refractivity contribution in [2.24, 2.45) is 0 Å². The molecule has 1 atom stereocenters. The second-order valence-electron chi connectivity index (χ2n) is 7.13. The average molecular weight is 546 g/mol. The molecule has 4 rings (SSSR count). The number of amides is 2. The van der Waals surface area contributed by atoms with E-state index in [2.05, 4.69) is 26.6 Å². The maximum Gasteiger partial charge on any atom is 0.416 e. The number of carbonyl (C=O) groups is 2. The molecule has 2 amide bonds. The summed E-state index contributed by atoms with van der Waals surface area (Å²) in [6.45, 7) is 0. The van der Waals surface area contributed by atoms with Crippen molar-refractivity contribution < 1.29 is 31.5 Å². The van der Waals surface area contributed by atoms with Gasteiger partial charge in [0.05, 0.1) is 17.2 Å². The molecule has 1 heterocycles. The molecule has 4 nitrogen and oxygen atoms in total. The lowest BCUT2D eigenvalue weighted by molar-refractivity contribution is -0.137. The Balaban J connectivity index is 1.80. The van der Waals surface area contributed by atoms with Crippen LogP contribution in [-0.4, -0.2) is 11.8 Å². The number of hydrogen-bond acceptors (Lipinski definition) is 2. The molecule has 0 saturated carbocycles. The number of alkyl halides is 3. The lowest BCUT2D eigenvalue weighted by Gasteiger charge is -2.18. The van der Waals surface area contributed by atoms with E-state index < -0.39 is 46.8 Å². The van der Waals surface area contributed by atoms with Crippen molar-refractivity contribution in [3.05, 3.63) is 97.5 Å². The maximum atomic E-state index is 14.2. The number of fused-ring (bicyclic) bond motifs is 1. The number of anilines is 1. The van der Waals surface area contributed by atoms with E-state index in [-0.39, 0.29) is 27.4 Å². The Morgan fingerprint density at radius 2 is 1.79 bits per heavy atom. The fraction of sp³-hybridized carbons (Fsp3) is 0.0909. The standard InChI is InChI=1S/C22H11BrClF5N2O2/c23-10-6-14-18(19(31-21(14)33)12-8-11(25)2-3-15(12)24)17(7-10)30-20(32)13-5-9(22(27,28)29)1-4-16(13)26/h1-8,19H,(H,30,32)(H,31,33). The van der Waals surface area contributed by atoms with Crippen LogP contribution < -0.4 is 10.6 Å². The van der Waals surface area contributed by atoms with E-state index in [4.69, 9.17) is 11.6 Å². The van der Waals surface area contributed by atoms with Crippen LogP contribution in [0.25, 0.3) is 0 Å². The molecular weight excluding hydrogens is 535 g/mol. The van der Waals surface area contributed by atoms with Gasteiger partial charge < -0.3 is 10.6 Å². The van der Waals surface area contributed by atoms with Crippen LogP contribution in [0.4, 0.5) is 27.6 Å². The number of rotatable bonds is 3. The first kappa shape index (κ1) is 23.2. The van der Waals surface area contributed by atoms with Crippen molar-refractivity contribution in [3.8, 4) is 0 Å². The predicted octanol–water partition coefficient (Wildman–Crippen LogP) is 6.48. The highest BCUT2D eigenvalue weighted by molar-refractivity contribution is 9.10. The van der Waals surface area contributed by atoms with Crippen LogP contribution in [-0.2, 0) is 6.18 Å². The molecule has 0 spiro atoms. The third-order valence-corrected chi connectivity index (χ3v) is 5.81. The van der Waals surface area contributed by atoms with Gasteiger partial charge in [0, 0.05) is 31.9 Å². The summed E-state index contributed by atoms with van der Waals surface area (Å²) in [5, 5.41) is 5.15. The Morgan fingerprint density at radius 3 is 2.48 bits per heavy atom. The minimum Gasteiger partial charge on any atom is -0.341 e. The molecule has 3 aromatic rings. The summed E-state index contributed by atoms with van der Waals surface area (Å²) in [6.07, 6.45) is -4.78. The molecule has 33 heavy (non-hydrogen) atoms. The topological polar surface area (TPSA) is 58.2 Å². The number of carbonyl (C=O) groups excluding carboxylic acids is 2. The van der Waals surface area contributed by atoms with Crippen molar-refractivity contribution in [1.82, 2.24) is 5.32 Å². The monoisotopic (exact) mass is 544 g/mol. The molecular formula is C22H11BrClF5N2O2. The third kappa shape index (κ3) is 4.45. The normalized spacial score (nSPS) is 15.2. The zero-order valence-corrected chi connectivity index (χ0v) is 18.5. The summed E-state index contributed by atoms with van der Waals surface area (Å²) < 4.78 is 67.5. The maximum absolute atomic E-state index is 14.2. The molecule has 2 N–H and O–H groups in total. The number of nitrogens with one attached hydrogen (secondary N) is 2. The van der Waals surface area contributed by atoms with Crippen LogP contribution in [0, 0.1) is 11.6 Å². The molecule has 0 saturated heterocycles. The van der Waals surface area contributed by atoms with Gasteiger partial charge in [-0.2, -0.15) is 13.2 Å². The number of halogens is 7. The first-order valence-electron chi connectivity index (χ1n) is 9.23. The summed E-state index contributed by atoms with van der Waals surface area (Å²) in [6, 6.07) is 6.88. The molecule has 170 valence electrons. The average Bonchev–Trinajstić information content (AvgIpc) is 3.05. The van der Waals surface area contributed by atoms with Crippen LogP contribution in [0.3, 0.4) is 0 Å². The lowest BCUT2D eigenvalue weighted by atomic mass is 9.96. The highest BCUT2D eigenvalue weighted by Crippen LogP contribution is 2.41. The van der Waals surface area contributed by atoms with Crippen LogP contribution in [0.2, 0.25) is 5.02 Å². The fourth-order valence-corrected chi connectivity index (χ4v) is 4.22. The quantitative estimate of drug-likeness (QED) is 0.370. The van der Waals surface area contributed by atoms with Gasteiger partial charge in [0.15, 0.2) is 0 Å². The Morgan fingerprint density at radius 1 is 1.06 bits per heavy atom. The lowest BCUT2D eigenvalue weighted by Crippen LogP contribution is -2.21. The van der Waals surface area contributed by atoms with Crippen LogP contribution in [0.5, 0.6) is 0 Å². The molecule has 11 heteroatoms. The van der Waals surface area contributed by atoms with Crippen molar-refractivity contribution >= 4 is 45.0 Å². The second kappa shape index (κ2) is 8.42. The predicted molar refractivity (Wildman–Crippen MR) is 114 cm³/mol. The van der Waals surface area contributed by atoms with E-state index in [1.165, 1.54) is 18.2 Å². The Hall–Kier alpha value is -2.98. The van der Waals surface area contributed by atoms with Crippen molar-refractivity contribution in [3.63, 3.8) is 0 Å². The smallest absolute Gasteiger partial charge is 0.341 e. The highest BCUT2D eigenvalue weighted by Gasteiger charge is 2.35. The van der Waals surface area contributed by atoms with Gasteiger partial charge >= 0.3 is 6.18 Å². The Kier molecular flexibility index (Phi) is 5.92. The van der Waals surface area contributed by atoms with Crippen molar-refractivity contribution in [2.45, 2.75) is 12.2 Å². The van der Waals surface area contributed by atoms with E-state index in [9.17, 15) is 31.5 Å². The first-order valence-corrected chi connectivity index (χ1v) is 10.4. The van der Waals surface area contributed by atoms with Crippen LogP contribution in [0.1, 0.15) is 43.4 Å². The number of benzene rings is 3. The van der Waals surface area contributed by atoms with Gasteiger partial charge in [-0.25, -0.2) is 8.78 Å². The second-order valence-corrected chi connectivity index (χ2v) is 8.46. The minimum absolute atomic E-state index is 0.00450. The van der Waals surface area contributed by atoms with E-state index >= 15 is 0 Å². The van der Waals surface area contributed by atoms with Crippen LogP contribution in [0.15, 0.2) is 53.0 Å².